The number of hydrogen-bond acceptors (Lipinski definition) is 5. The smallest absolute Gasteiger partial charge is 0.329 e. The number of hydrogen-bond donors (Lipinski definition) is 1. The maximum atomic E-state index is 14.1. The van der Waals surface area contributed by atoms with Crippen molar-refractivity contribution in [2.24, 2.45) is 0 Å². The lowest BCUT2D eigenvalue weighted by molar-refractivity contribution is -0.145. The number of carboxylic acid groups (broad SMARTS) is 1. The third kappa shape index (κ3) is 4.76. The fourth-order valence-electron chi connectivity index (χ4n) is 5.38. The number of fused-ring (bicyclic) bond motifs is 2. The molecule has 4 amide bonds. The molecule has 10 heteroatoms. The molecule has 2 saturated heterocycles. The highest BCUT2D eigenvalue weighted by Crippen LogP contribution is 2.37. The minimum absolute atomic E-state index is 0.155. The first-order chi connectivity index (χ1) is 18.0. The highest BCUT2D eigenvalue weighted by atomic mass is 32.1. The molecule has 3 atom stereocenters. The third-order valence-corrected chi connectivity index (χ3v) is 7.72. The lowest BCUT2D eigenvalue weighted by Gasteiger charge is -2.47. The van der Waals surface area contributed by atoms with Crippen molar-refractivity contribution in [3.05, 3.63) is 77.2 Å². The second-order valence-electron chi connectivity index (χ2n) is 9.21. The maximum Gasteiger partial charge on any atom is 0.329 e. The number of aliphatic carboxylic acids is 1. The van der Waals surface area contributed by atoms with Gasteiger partial charge < -0.3 is 19.8 Å². The van der Waals surface area contributed by atoms with E-state index >= 15 is 0 Å². The van der Waals surface area contributed by atoms with Gasteiger partial charge in [-0.3, -0.25) is 4.90 Å². The number of anilines is 2. The van der Waals surface area contributed by atoms with Crippen LogP contribution < -0.4 is 4.90 Å². The Bertz CT molecular complexity index is 1200. The Morgan fingerprint density at radius 2 is 1.65 bits per heavy atom. The summed E-state index contributed by atoms with van der Waals surface area (Å²) in [6.45, 7) is 2.90. The Morgan fingerprint density at radius 1 is 1.00 bits per heavy atom. The SMILES string of the molecule is CCN(Cc1cscn1)C(=O)N1[C@H]2CC[C@@H]1[C@@H](C(=O)O)N(C(=O)N(c1ccccc1)c1ccccc1)C2. The normalized spacial score (nSPS) is 20.5. The Balaban J connectivity index is 1.45. The van der Waals surface area contributed by atoms with Crippen molar-refractivity contribution in [2.75, 3.05) is 18.0 Å². The number of nitrogens with zero attached hydrogens (tertiary/aromatic N) is 5. The van der Waals surface area contributed by atoms with Crippen LogP contribution in [0.4, 0.5) is 21.0 Å². The number of likely N-dealkylation sites (tertiary alicyclic amines) is 1. The van der Waals surface area contributed by atoms with Gasteiger partial charge >= 0.3 is 18.0 Å². The van der Waals surface area contributed by atoms with E-state index in [2.05, 4.69) is 4.98 Å². The van der Waals surface area contributed by atoms with Crippen LogP contribution in [-0.2, 0) is 11.3 Å². The first kappa shape index (κ1) is 24.8. The van der Waals surface area contributed by atoms with Gasteiger partial charge in [-0.15, -0.1) is 11.3 Å². The number of amides is 4. The zero-order valence-electron chi connectivity index (χ0n) is 20.5. The second-order valence-corrected chi connectivity index (χ2v) is 9.93. The van der Waals surface area contributed by atoms with Crippen LogP contribution in [-0.4, -0.2) is 74.0 Å². The van der Waals surface area contributed by atoms with Gasteiger partial charge in [0.05, 0.1) is 41.2 Å². The van der Waals surface area contributed by atoms with Gasteiger partial charge in [0, 0.05) is 18.5 Å². The van der Waals surface area contributed by atoms with E-state index in [9.17, 15) is 19.5 Å². The van der Waals surface area contributed by atoms with Crippen LogP contribution >= 0.6 is 11.3 Å². The second kappa shape index (κ2) is 10.6. The van der Waals surface area contributed by atoms with E-state index in [1.54, 1.807) is 20.2 Å². The summed E-state index contributed by atoms with van der Waals surface area (Å²) in [5.41, 5.74) is 3.83. The summed E-state index contributed by atoms with van der Waals surface area (Å²) in [6.07, 6.45) is 1.18. The van der Waals surface area contributed by atoms with Crippen molar-refractivity contribution >= 4 is 40.7 Å². The monoisotopic (exact) mass is 519 g/mol. The molecule has 0 saturated carbocycles. The first-order valence-corrected chi connectivity index (χ1v) is 13.3. The van der Waals surface area contributed by atoms with Gasteiger partial charge in [0.15, 0.2) is 6.04 Å². The fourth-order valence-corrected chi connectivity index (χ4v) is 5.93. The van der Waals surface area contributed by atoms with E-state index in [1.807, 2.05) is 73.0 Å². The van der Waals surface area contributed by atoms with Gasteiger partial charge in [0.2, 0.25) is 0 Å². The van der Waals surface area contributed by atoms with Gasteiger partial charge in [-0.05, 0) is 44.0 Å². The molecule has 2 fully saturated rings. The predicted molar refractivity (Wildman–Crippen MR) is 141 cm³/mol. The molecule has 0 radical (unpaired) electrons. The number of carbonyl (C=O) groups is 3. The van der Waals surface area contributed by atoms with Crippen LogP contribution in [0, 0.1) is 0 Å². The van der Waals surface area contributed by atoms with E-state index in [-0.39, 0.29) is 18.6 Å². The lowest BCUT2D eigenvalue weighted by atomic mass is 10.0. The number of aromatic nitrogens is 1. The van der Waals surface area contributed by atoms with Crippen molar-refractivity contribution in [3.63, 3.8) is 0 Å². The van der Waals surface area contributed by atoms with E-state index in [0.29, 0.717) is 37.3 Å². The van der Waals surface area contributed by atoms with Crippen molar-refractivity contribution in [3.8, 4) is 0 Å². The molecule has 37 heavy (non-hydrogen) atoms. The zero-order valence-corrected chi connectivity index (χ0v) is 21.3. The van der Waals surface area contributed by atoms with Crippen LogP contribution in [0.1, 0.15) is 25.5 Å². The van der Waals surface area contributed by atoms with E-state index in [0.717, 1.165) is 5.69 Å². The molecule has 192 valence electrons. The molecule has 2 aliphatic heterocycles. The fraction of sp³-hybridized carbons (Fsp3) is 0.333. The molecule has 1 aromatic heterocycles. The van der Waals surface area contributed by atoms with Gasteiger partial charge in [0.25, 0.3) is 0 Å². The van der Waals surface area contributed by atoms with Gasteiger partial charge in [-0.2, -0.15) is 0 Å². The van der Waals surface area contributed by atoms with E-state index < -0.39 is 24.1 Å². The summed E-state index contributed by atoms with van der Waals surface area (Å²) in [4.78, 5) is 51.1. The molecular weight excluding hydrogens is 490 g/mol. The Hall–Kier alpha value is -3.92. The highest BCUT2D eigenvalue weighted by Gasteiger charge is 2.54. The van der Waals surface area contributed by atoms with Gasteiger partial charge in [0.1, 0.15) is 0 Å². The van der Waals surface area contributed by atoms with Crippen LogP contribution in [0.2, 0.25) is 0 Å². The Kier molecular flexibility index (Phi) is 7.09. The number of para-hydroxylation sites is 2. The summed E-state index contributed by atoms with van der Waals surface area (Å²) < 4.78 is 0. The number of thiazole rings is 1. The average Bonchev–Trinajstić information content (AvgIpc) is 3.54. The summed E-state index contributed by atoms with van der Waals surface area (Å²) >= 11 is 1.47. The largest absolute Gasteiger partial charge is 0.480 e. The molecule has 2 aliphatic rings. The number of carbonyl (C=O) groups excluding carboxylic acids is 2. The summed E-state index contributed by atoms with van der Waals surface area (Å²) in [7, 11) is 0. The van der Waals surface area contributed by atoms with Crippen molar-refractivity contribution in [1.29, 1.82) is 0 Å². The van der Waals surface area contributed by atoms with Crippen LogP contribution in [0.25, 0.3) is 0 Å². The van der Waals surface area contributed by atoms with Gasteiger partial charge in [-0.25, -0.2) is 19.4 Å². The van der Waals surface area contributed by atoms with Crippen molar-refractivity contribution in [1.82, 2.24) is 19.7 Å². The molecule has 2 aromatic carbocycles. The average molecular weight is 520 g/mol. The summed E-state index contributed by atoms with van der Waals surface area (Å²) in [5.74, 6) is -1.11. The number of carboxylic acids is 1. The molecule has 5 rings (SSSR count). The molecule has 1 N–H and O–H groups in total. The molecule has 3 heterocycles. The molecule has 2 bridgehead atoms. The zero-order chi connectivity index (χ0) is 25.9. The minimum atomic E-state index is -1.15. The Morgan fingerprint density at radius 3 is 2.19 bits per heavy atom. The summed E-state index contributed by atoms with van der Waals surface area (Å²) in [6, 6.07) is 15.8. The number of urea groups is 2. The number of benzene rings is 2. The number of piperazine rings is 1. The van der Waals surface area contributed by atoms with Crippen LogP contribution in [0.5, 0.6) is 0 Å². The number of rotatable bonds is 6. The van der Waals surface area contributed by atoms with Crippen LogP contribution in [0.3, 0.4) is 0 Å². The molecule has 0 unspecified atom stereocenters. The van der Waals surface area contributed by atoms with E-state index in [1.165, 1.54) is 16.2 Å². The lowest BCUT2D eigenvalue weighted by Crippen LogP contribution is -2.67. The highest BCUT2D eigenvalue weighted by molar-refractivity contribution is 7.07. The van der Waals surface area contributed by atoms with Gasteiger partial charge in [-0.1, -0.05) is 36.4 Å². The molecule has 9 nitrogen and oxygen atoms in total. The van der Waals surface area contributed by atoms with E-state index in [4.69, 9.17) is 0 Å². The molecule has 3 aromatic rings. The molecule has 0 aliphatic carbocycles. The topological polar surface area (TPSA) is 97.3 Å². The third-order valence-electron chi connectivity index (χ3n) is 7.08. The standard InChI is InChI=1S/C27H29N5O4S/c1-2-29(15-19-17-37-18-28-19)26(35)32-22-13-14-23(32)24(25(33)34)30(16-22)27(36)31(20-9-5-3-6-10-20)21-11-7-4-8-12-21/h3-12,17-18,22-24H,2,13-16H2,1H3,(H,33,34)/t22-,23+,24-/m0/s1. The minimum Gasteiger partial charge on any atom is -0.480 e. The van der Waals surface area contributed by atoms with Crippen molar-refractivity contribution < 1.29 is 19.5 Å². The first-order valence-electron chi connectivity index (χ1n) is 12.4. The molecule has 0 spiro atoms. The predicted octanol–water partition coefficient (Wildman–Crippen LogP) is 4.65. The molecular formula is C27H29N5O4S. The summed E-state index contributed by atoms with van der Waals surface area (Å²) in [5, 5.41) is 12.2. The maximum absolute atomic E-state index is 14.1. The quantitative estimate of drug-likeness (QED) is 0.512. The van der Waals surface area contributed by atoms with Crippen molar-refractivity contribution in [2.45, 2.75) is 44.4 Å². The Labute approximate surface area is 219 Å². The van der Waals surface area contributed by atoms with Crippen LogP contribution in [0.15, 0.2) is 71.6 Å².